The molecule has 0 unspecified atom stereocenters. The molecule has 1 aromatic rings. The number of allylic oxidation sites excluding steroid dienone is 1. The lowest BCUT2D eigenvalue weighted by molar-refractivity contribution is 0.580. The van der Waals surface area contributed by atoms with Crippen LogP contribution < -0.4 is 4.72 Å². The Morgan fingerprint density at radius 2 is 2.16 bits per heavy atom. The smallest absolute Gasteiger partial charge is 0.211 e. The SMILES string of the molecule is Cc1ccc(Br)cc1S(=O)(=O)NCCC1=CCCC1. The highest BCUT2D eigenvalue weighted by Crippen LogP contribution is 2.22. The molecule has 0 amide bonds. The van der Waals surface area contributed by atoms with Gasteiger partial charge in [-0.15, -0.1) is 0 Å². The summed E-state index contributed by atoms with van der Waals surface area (Å²) in [7, 11) is -3.41. The quantitative estimate of drug-likeness (QED) is 0.831. The first-order chi connectivity index (χ1) is 8.99. The zero-order chi connectivity index (χ0) is 13.9. The summed E-state index contributed by atoms with van der Waals surface area (Å²) in [5.41, 5.74) is 2.13. The largest absolute Gasteiger partial charge is 0.240 e. The third-order valence-electron chi connectivity index (χ3n) is 3.31. The molecule has 0 saturated heterocycles. The predicted octanol–water partition coefficient (Wildman–Crippen LogP) is 3.54. The van der Waals surface area contributed by atoms with E-state index in [2.05, 4.69) is 26.7 Å². The van der Waals surface area contributed by atoms with E-state index in [9.17, 15) is 8.42 Å². The van der Waals surface area contributed by atoms with Crippen molar-refractivity contribution in [1.29, 1.82) is 0 Å². The lowest BCUT2D eigenvalue weighted by atomic mass is 10.2. The Morgan fingerprint density at radius 3 is 2.84 bits per heavy atom. The van der Waals surface area contributed by atoms with E-state index in [1.807, 2.05) is 6.07 Å². The molecule has 1 aliphatic rings. The van der Waals surface area contributed by atoms with Gasteiger partial charge in [0.25, 0.3) is 0 Å². The van der Waals surface area contributed by atoms with E-state index in [0.29, 0.717) is 11.4 Å². The van der Waals surface area contributed by atoms with Crippen LogP contribution in [0.5, 0.6) is 0 Å². The molecule has 0 spiro atoms. The molecule has 104 valence electrons. The minimum absolute atomic E-state index is 0.349. The molecule has 0 saturated carbocycles. The van der Waals surface area contributed by atoms with Crippen molar-refractivity contribution >= 4 is 26.0 Å². The third-order valence-corrected chi connectivity index (χ3v) is 5.41. The molecule has 1 aliphatic carbocycles. The molecular formula is C14H18BrNO2S. The van der Waals surface area contributed by atoms with Crippen molar-refractivity contribution in [2.24, 2.45) is 0 Å². The molecule has 1 aromatic carbocycles. The second-order valence-electron chi connectivity index (χ2n) is 4.81. The van der Waals surface area contributed by atoms with Crippen LogP contribution in [0.2, 0.25) is 0 Å². The number of halogens is 1. The van der Waals surface area contributed by atoms with Crippen molar-refractivity contribution < 1.29 is 8.42 Å². The minimum Gasteiger partial charge on any atom is -0.211 e. The highest BCUT2D eigenvalue weighted by atomic mass is 79.9. The predicted molar refractivity (Wildman–Crippen MR) is 80.6 cm³/mol. The zero-order valence-corrected chi connectivity index (χ0v) is 13.4. The second kappa shape index (κ2) is 6.20. The number of sulfonamides is 1. The Hall–Kier alpha value is -0.650. The molecule has 0 bridgehead atoms. The first kappa shape index (κ1) is 14.8. The molecule has 0 atom stereocenters. The monoisotopic (exact) mass is 343 g/mol. The van der Waals surface area contributed by atoms with E-state index >= 15 is 0 Å². The summed E-state index contributed by atoms with van der Waals surface area (Å²) in [5.74, 6) is 0. The van der Waals surface area contributed by atoms with Crippen LogP contribution >= 0.6 is 15.9 Å². The number of hydrogen-bond acceptors (Lipinski definition) is 2. The lowest BCUT2D eigenvalue weighted by Crippen LogP contribution is -2.25. The first-order valence-electron chi connectivity index (χ1n) is 6.43. The molecule has 1 N–H and O–H groups in total. The molecule has 0 radical (unpaired) electrons. The fraction of sp³-hybridized carbons (Fsp3) is 0.429. The second-order valence-corrected chi connectivity index (χ2v) is 7.46. The summed E-state index contributed by atoms with van der Waals surface area (Å²) in [6.07, 6.45) is 6.47. The maximum absolute atomic E-state index is 12.2. The van der Waals surface area contributed by atoms with Crippen molar-refractivity contribution in [3.63, 3.8) is 0 Å². The Labute approximate surface area is 123 Å². The summed E-state index contributed by atoms with van der Waals surface area (Å²) in [6, 6.07) is 5.29. The van der Waals surface area contributed by atoms with E-state index in [0.717, 1.165) is 29.3 Å². The normalized spacial score (nSPS) is 15.6. The number of rotatable bonds is 5. The molecule has 0 aromatic heterocycles. The Bertz CT molecular complexity index is 593. The fourth-order valence-corrected chi connectivity index (χ4v) is 4.06. The Morgan fingerprint density at radius 1 is 1.37 bits per heavy atom. The van der Waals surface area contributed by atoms with Crippen molar-refractivity contribution in [1.82, 2.24) is 4.72 Å². The number of aryl methyl sites for hydroxylation is 1. The maximum atomic E-state index is 12.2. The summed E-state index contributed by atoms with van der Waals surface area (Å²) in [4.78, 5) is 0.349. The van der Waals surface area contributed by atoms with Crippen molar-refractivity contribution in [2.45, 2.75) is 37.5 Å². The molecule has 19 heavy (non-hydrogen) atoms. The lowest BCUT2D eigenvalue weighted by Gasteiger charge is -2.10. The van der Waals surface area contributed by atoms with Crippen LogP contribution in [0.1, 0.15) is 31.2 Å². The standard InChI is InChI=1S/C14H18BrNO2S/c1-11-6-7-13(15)10-14(11)19(17,18)16-9-8-12-4-2-3-5-12/h4,6-7,10,16H,2-3,5,8-9H2,1H3. The topological polar surface area (TPSA) is 46.2 Å². The number of nitrogens with one attached hydrogen (secondary N) is 1. The number of benzene rings is 1. The van der Waals surface area contributed by atoms with Crippen molar-refractivity contribution in [2.75, 3.05) is 6.54 Å². The van der Waals surface area contributed by atoms with Gasteiger partial charge >= 0.3 is 0 Å². The van der Waals surface area contributed by atoms with Gasteiger partial charge < -0.3 is 0 Å². The zero-order valence-electron chi connectivity index (χ0n) is 10.9. The van der Waals surface area contributed by atoms with Crippen molar-refractivity contribution in [3.8, 4) is 0 Å². The van der Waals surface area contributed by atoms with Gasteiger partial charge in [-0.05, 0) is 50.3 Å². The average Bonchev–Trinajstić information content (AvgIpc) is 2.85. The third kappa shape index (κ3) is 3.91. The van der Waals surface area contributed by atoms with Gasteiger partial charge in [0.2, 0.25) is 10.0 Å². The fourth-order valence-electron chi connectivity index (χ4n) is 2.25. The number of hydrogen-bond donors (Lipinski definition) is 1. The van der Waals surface area contributed by atoms with Crippen LogP contribution in [0, 0.1) is 6.92 Å². The van der Waals surface area contributed by atoms with Crippen LogP contribution in [0.4, 0.5) is 0 Å². The van der Waals surface area contributed by atoms with Gasteiger partial charge in [-0.25, -0.2) is 13.1 Å². The molecule has 5 heteroatoms. The van der Waals surface area contributed by atoms with Gasteiger partial charge in [0.05, 0.1) is 4.90 Å². The van der Waals surface area contributed by atoms with Crippen LogP contribution in [0.3, 0.4) is 0 Å². The first-order valence-corrected chi connectivity index (χ1v) is 8.70. The van der Waals surface area contributed by atoms with E-state index in [4.69, 9.17) is 0 Å². The van der Waals surface area contributed by atoms with Gasteiger partial charge in [-0.3, -0.25) is 0 Å². The van der Waals surface area contributed by atoms with Crippen molar-refractivity contribution in [3.05, 3.63) is 39.9 Å². The van der Waals surface area contributed by atoms with Gasteiger partial charge in [0.1, 0.15) is 0 Å². The molecule has 2 rings (SSSR count). The van der Waals surface area contributed by atoms with E-state index < -0.39 is 10.0 Å². The van der Waals surface area contributed by atoms with Crippen LogP contribution in [0.25, 0.3) is 0 Å². The van der Waals surface area contributed by atoms with Crippen LogP contribution in [-0.4, -0.2) is 15.0 Å². The van der Waals surface area contributed by atoms with E-state index in [1.165, 1.54) is 12.0 Å². The Balaban J connectivity index is 2.03. The molecule has 3 nitrogen and oxygen atoms in total. The van der Waals surface area contributed by atoms with Gasteiger partial charge in [-0.2, -0.15) is 0 Å². The highest BCUT2D eigenvalue weighted by Gasteiger charge is 2.17. The molecular weight excluding hydrogens is 326 g/mol. The Kier molecular flexibility index (Phi) is 4.81. The average molecular weight is 344 g/mol. The van der Waals surface area contributed by atoms with Crippen LogP contribution in [0.15, 0.2) is 39.2 Å². The summed E-state index contributed by atoms with van der Waals surface area (Å²) < 4.78 is 27.9. The molecule has 0 fully saturated rings. The summed E-state index contributed by atoms with van der Waals surface area (Å²) in [6.45, 7) is 2.28. The molecule has 0 aliphatic heterocycles. The maximum Gasteiger partial charge on any atom is 0.240 e. The molecule has 0 heterocycles. The highest BCUT2D eigenvalue weighted by molar-refractivity contribution is 9.10. The van der Waals surface area contributed by atoms with Gasteiger partial charge in [0.15, 0.2) is 0 Å². The van der Waals surface area contributed by atoms with E-state index in [-0.39, 0.29) is 0 Å². The van der Waals surface area contributed by atoms with Gasteiger partial charge in [0, 0.05) is 11.0 Å². The minimum atomic E-state index is -3.41. The summed E-state index contributed by atoms with van der Waals surface area (Å²) in [5, 5.41) is 0. The summed E-state index contributed by atoms with van der Waals surface area (Å²) >= 11 is 3.31. The van der Waals surface area contributed by atoms with Gasteiger partial charge in [-0.1, -0.05) is 33.6 Å². The van der Waals surface area contributed by atoms with E-state index in [1.54, 1.807) is 19.1 Å². The van der Waals surface area contributed by atoms with Crippen LogP contribution in [-0.2, 0) is 10.0 Å².